The van der Waals surface area contributed by atoms with Crippen molar-refractivity contribution in [2.75, 3.05) is 33.2 Å². The van der Waals surface area contributed by atoms with Crippen LogP contribution in [0.5, 0.6) is 0 Å². The van der Waals surface area contributed by atoms with Crippen molar-refractivity contribution >= 4 is 0 Å². The first-order chi connectivity index (χ1) is 9.74. The number of rotatable bonds is 5. The maximum atomic E-state index is 3.68. The summed E-state index contributed by atoms with van der Waals surface area (Å²) in [5.41, 5.74) is 1.46. The molecule has 2 atom stereocenters. The van der Waals surface area contributed by atoms with E-state index in [2.05, 4.69) is 59.4 Å². The maximum Gasteiger partial charge on any atom is 0.0478 e. The van der Waals surface area contributed by atoms with Crippen LogP contribution in [0.1, 0.15) is 31.4 Å². The second kappa shape index (κ2) is 6.25. The van der Waals surface area contributed by atoms with Gasteiger partial charge < -0.3 is 10.2 Å². The molecule has 2 unspecified atom stereocenters. The highest BCUT2D eigenvalue weighted by Crippen LogP contribution is 2.27. The van der Waals surface area contributed by atoms with E-state index >= 15 is 0 Å². The quantitative estimate of drug-likeness (QED) is 0.886. The van der Waals surface area contributed by atoms with Crippen LogP contribution >= 0.6 is 0 Å². The molecule has 1 aromatic rings. The standard InChI is InChI=1S/C17H27N3/c1-14(12-18-16-8-9-16)20-11-10-19(2)13-17(20)15-6-4-3-5-7-15/h3-7,14,16-18H,8-13H2,1-2H3. The summed E-state index contributed by atoms with van der Waals surface area (Å²) in [4.78, 5) is 5.14. The lowest BCUT2D eigenvalue weighted by Crippen LogP contribution is -2.52. The zero-order valence-corrected chi connectivity index (χ0v) is 12.8. The van der Waals surface area contributed by atoms with Crippen molar-refractivity contribution in [1.29, 1.82) is 0 Å². The van der Waals surface area contributed by atoms with Crippen LogP contribution in [0.3, 0.4) is 0 Å². The summed E-state index contributed by atoms with van der Waals surface area (Å²) in [6.45, 7) is 6.98. The molecule has 3 nitrogen and oxygen atoms in total. The van der Waals surface area contributed by atoms with Crippen molar-refractivity contribution < 1.29 is 0 Å². The van der Waals surface area contributed by atoms with Crippen LogP contribution in [-0.4, -0.2) is 55.1 Å². The molecule has 1 aliphatic heterocycles. The minimum Gasteiger partial charge on any atom is -0.312 e. The lowest BCUT2D eigenvalue weighted by molar-refractivity contribution is 0.0573. The van der Waals surface area contributed by atoms with Crippen LogP contribution < -0.4 is 5.32 Å². The molecular formula is C17H27N3. The van der Waals surface area contributed by atoms with E-state index < -0.39 is 0 Å². The molecule has 0 radical (unpaired) electrons. The van der Waals surface area contributed by atoms with Crippen molar-refractivity contribution in [3.05, 3.63) is 35.9 Å². The smallest absolute Gasteiger partial charge is 0.0478 e. The molecule has 0 spiro atoms. The predicted octanol–water partition coefficient (Wildman–Crippen LogP) is 2.12. The topological polar surface area (TPSA) is 18.5 Å². The third-order valence-electron chi connectivity index (χ3n) is 4.65. The van der Waals surface area contributed by atoms with Crippen molar-refractivity contribution in [1.82, 2.24) is 15.1 Å². The molecule has 1 N–H and O–H groups in total. The third kappa shape index (κ3) is 3.40. The first-order valence-electron chi connectivity index (χ1n) is 7.96. The van der Waals surface area contributed by atoms with Crippen LogP contribution in [0.25, 0.3) is 0 Å². The van der Waals surface area contributed by atoms with E-state index in [0.29, 0.717) is 12.1 Å². The van der Waals surface area contributed by atoms with Crippen molar-refractivity contribution in [3.8, 4) is 0 Å². The lowest BCUT2D eigenvalue weighted by Gasteiger charge is -2.43. The summed E-state index contributed by atoms with van der Waals surface area (Å²) in [6.07, 6.45) is 2.75. The second-order valence-corrected chi connectivity index (χ2v) is 6.46. The van der Waals surface area contributed by atoms with E-state index in [1.807, 2.05) is 0 Å². The molecule has 2 aliphatic rings. The number of piperazine rings is 1. The van der Waals surface area contributed by atoms with Crippen LogP contribution in [-0.2, 0) is 0 Å². The maximum absolute atomic E-state index is 3.68. The number of hydrogen-bond donors (Lipinski definition) is 1. The zero-order chi connectivity index (χ0) is 13.9. The fourth-order valence-corrected chi connectivity index (χ4v) is 3.17. The van der Waals surface area contributed by atoms with Crippen LogP contribution in [0.4, 0.5) is 0 Å². The summed E-state index contributed by atoms with van der Waals surface area (Å²) in [5.74, 6) is 0. The van der Waals surface area contributed by atoms with E-state index in [-0.39, 0.29) is 0 Å². The largest absolute Gasteiger partial charge is 0.312 e. The molecule has 0 aromatic heterocycles. The van der Waals surface area contributed by atoms with Gasteiger partial charge in [-0.3, -0.25) is 4.90 Å². The number of benzene rings is 1. The number of nitrogens with one attached hydrogen (secondary N) is 1. The summed E-state index contributed by atoms with van der Waals surface area (Å²) in [6, 6.07) is 12.9. The van der Waals surface area contributed by atoms with Gasteiger partial charge in [-0.15, -0.1) is 0 Å². The highest BCUT2D eigenvalue weighted by Gasteiger charge is 2.30. The molecule has 1 aromatic carbocycles. The summed E-state index contributed by atoms with van der Waals surface area (Å²) in [7, 11) is 2.24. The molecule has 0 bridgehead atoms. The Hall–Kier alpha value is -0.900. The van der Waals surface area contributed by atoms with Crippen molar-refractivity contribution in [3.63, 3.8) is 0 Å². The first-order valence-corrected chi connectivity index (χ1v) is 7.96. The molecular weight excluding hydrogens is 246 g/mol. The normalized spacial score (nSPS) is 26.6. The van der Waals surface area contributed by atoms with E-state index in [1.54, 1.807) is 0 Å². The number of likely N-dealkylation sites (N-methyl/N-ethyl adjacent to an activating group) is 1. The van der Waals surface area contributed by atoms with Gasteiger partial charge in [0.2, 0.25) is 0 Å². The van der Waals surface area contributed by atoms with E-state index in [4.69, 9.17) is 0 Å². The number of nitrogens with zero attached hydrogens (tertiary/aromatic N) is 2. The fourth-order valence-electron chi connectivity index (χ4n) is 3.17. The second-order valence-electron chi connectivity index (χ2n) is 6.46. The molecule has 1 heterocycles. The predicted molar refractivity (Wildman–Crippen MR) is 83.9 cm³/mol. The third-order valence-corrected chi connectivity index (χ3v) is 4.65. The molecule has 110 valence electrons. The minimum absolute atomic E-state index is 0.533. The fraction of sp³-hybridized carbons (Fsp3) is 0.647. The van der Waals surface area contributed by atoms with Gasteiger partial charge >= 0.3 is 0 Å². The molecule has 3 rings (SSSR count). The van der Waals surface area contributed by atoms with Gasteiger partial charge in [-0.2, -0.15) is 0 Å². The van der Waals surface area contributed by atoms with Gasteiger partial charge in [0.15, 0.2) is 0 Å². The van der Waals surface area contributed by atoms with E-state index in [0.717, 1.165) is 19.1 Å². The van der Waals surface area contributed by atoms with E-state index in [9.17, 15) is 0 Å². The SMILES string of the molecule is CC(CNC1CC1)N1CCN(C)CC1c1ccccc1. The Morgan fingerprint density at radius 3 is 2.65 bits per heavy atom. The van der Waals surface area contributed by atoms with Crippen LogP contribution in [0, 0.1) is 0 Å². The average Bonchev–Trinajstić information content (AvgIpc) is 3.30. The number of hydrogen-bond acceptors (Lipinski definition) is 3. The van der Waals surface area contributed by atoms with E-state index in [1.165, 1.54) is 31.5 Å². The van der Waals surface area contributed by atoms with Crippen molar-refractivity contribution in [2.24, 2.45) is 0 Å². The Labute approximate surface area is 123 Å². The molecule has 1 saturated heterocycles. The molecule has 0 amide bonds. The zero-order valence-electron chi connectivity index (χ0n) is 12.8. The van der Waals surface area contributed by atoms with Gasteiger partial charge in [0.05, 0.1) is 0 Å². The van der Waals surface area contributed by atoms with Gasteiger partial charge in [0.1, 0.15) is 0 Å². The van der Waals surface area contributed by atoms with Gasteiger partial charge in [-0.05, 0) is 32.4 Å². The molecule has 20 heavy (non-hydrogen) atoms. The van der Waals surface area contributed by atoms with Crippen molar-refractivity contribution in [2.45, 2.75) is 37.9 Å². The van der Waals surface area contributed by atoms with Crippen LogP contribution in [0.2, 0.25) is 0 Å². The highest BCUT2D eigenvalue weighted by molar-refractivity contribution is 5.20. The average molecular weight is 273 g/mol. The Morgan fingerprint density at radius 1 is 1.20 bits per heavy atom. The summed E-state index contributed by atoms with van der Waals surface area (Å²) in [5, 5.41) is 3.68. The molecule has 1 saturated carbocycles. The van der Waals surface area contributed by atoms with Gasteiger partial charge in [0, 0.05) is 44.3 Å². The van der Waals surface area contributed by atoms with Gasteiger partial charge in [0.25, 0.3) is 0 Å². The minimum atomic E-state index is 0.533. The first kappa shape index (κ1) is 14.1. The highest BCUT2D eigenvalue weighted by atomic mass is 15.3. The molecule has 2 fully saturated rings. The Balaban J connectivity index is 1.68. The Kier molecular flexibility index (Phi) is 4.39. The van der Waals surface area contributed by atoms with Gasteiger partial charge in [-0.25, -0.2) is 0 Å². The monoisotopic (exact) mass is 273 g/mol. The summed E-state index contributed by atoms with van der Waals surface area (Å²) >= 11 is 0. The summed E-state index contributed by atoms with van der Waals surface area (Å²) < 4.78 is 0. The molecule has 3 heteroatoms. The Bertz CT molecular complexity index is 416. The Morgan fingerprint density at radius 2 is 1.95 bits per heavy atom. The van der Waals surface area contributed by atoms with Crippen LogP contribution in [0.15, 0.2) is 30.3 Å². The molecule has 1 aliphatic carbocycles. The lowest BCUT2D eigenvalue weighted by atomic mass is 10.0. The van der Waals surface area contributed by atoms with Gasteiger partial charge in [-0.1, -0.05) is 30.3 Å².